The summed E-state index contributed by atoms with van der Waals surface area (Å²) in [7, 11) is 0. The molecule has 2 heterocycles. The van der Waals surface area contributed by atoms with Gasteiger partial charge in [-0.1, -0.05) is 140 Å². The van der Waals surface area contributed by atoms with Gasteiger partial charge in [0.25, 0.3) is 0 Å². The molecule has 0 atom stereocenters. The Morgan fingerprint density at radius 3 is 2.03 bits per heavy atom. The Morgan fingerprint density at radius 2 is 1.25 bits per heavy atom. The van der Waals surface area contributed by atoms with E-state index in [9.17, 15) is 0 Å². The molecule has 0 aliphatic heterocycles. The van der Waals surface area contributed by atoms with Gasteiger partial charge in [0.1, 0.15) is 5.84 Å². The molecule has 3 N–H and O–H groups in total. The van der Waals surface area contributed by atoms with Crippen molar-refractivity contribution in [2.24, 2.45) is 15.7 Å². The molecule has 0 amide bonds. The summed E-state index contributed by atoms with van der Waals surface area (Å²) < 4.78 is 4.97. The standard InChI is InChI=1S/C53H39N5S/c1-2-36-30-48-45(32-47(36)56-41-23-10-5-11-24-41)44-31-46-43-26-12-13-27-50(43)59-51(46)33-49(44)58(48)42-25-15-22-40(29-42)39-21-14-16-35(28-39)34-55-53(38-19-8-4-9-20-38)57-52(54)37-17-6-3-7-18-37/h2-33,56H,1,34H2,(H2,54,55,57). The molecule has 282 valence electrons. The summed E-state index contributed by atoms with van der Waals surface area (Å²) >= 11 is 1.84. The van der Waals surface area contributed by atoms with Gasteiger partial charge in [-0.15, -0.1) is 11.3 Å². The summed E-state index contributed by atoms with van der Waals surface area (Å²) in [6.07, 6.45) is 1.94. The molecule has 6 heteroatoms. The minimum absolute atomic E-state index is 0.431. The van der Waals surface area contributed by atoms with E-state index >= 15 is 0 Å². The lowest BCUT2D eigenvalue weighted by molar-refractivity contribution is 1.06. The number of para-hydroxylation sites is 1. The highest BCUT2D eigenvalue weighted by atomic mass is 32.1. The fraction of sp³-hybridized carbons (Fsp3) is 0.0189. The van der Waals surface area contributed by atoms with Gasteiger partial charge in [0.15, 0.2) is 5.84 Å². The Balaban J connectivity index is 1.08. The van der Waals surface area contributed by atoms with Crippen molar-refractivity contribution < 1.29 is 0 Å². The third kappa shape index (κ3) is 6.96. The van der Waals surface area contributed by atoms with Crippen LogP contribution in [0.1, 0.15) is 22.3 Å². The first-order valence-electron chi connectivity index (χ1n) is 19.7. The van der Waals surface area contributed by atoms with Crippen molar-refractivity contribution in [2.45, 2.75) is 6.54 Å². The van der Waals surface area contributed by atoms with Gasteiger partial charge >= 0.3 is 0 Å². The highest BCUT2D eigenvalue weighted by Crippen LogP contribution is 2.42. The minimum Gasteiger partial charge on any atom is -0.383 e. The number of nitrogens with two attached hydrogens (primary N) is 1. The normalized spacial score (nSPS) is 12.1. The zero-order valence-electron chi connectivity index (χ0n) is 32.2. The second-order valence-electron chi connectivity index (χ2n) is 14.6. The lowest BCUT2D eigenvalue weighted by Gasteiger charge is -2.13. The van der Waals surface area contributed by atoms with Gasteiger partial charge in [-0.25, -0.2) is 4.99 Å². The summed E-state index contributed by atoms with van der Waals surface area (Å²) in [6.45, 7) is 4.68. The Kier molecular flexibility index (Phi) is 9.37. The summed E-state index contributed by atoms with van der Waals surface area (Å²) in [4.78, 5) is 9.82. The number of benzene rings is 8. The number of nitrogens with zero attached hydrogens (tertiary/aromatic N) is 3. The monoisotopic (exact) mass is 777 g/mol. The van der Waals surface area contributed by atoms with Crippen LogP contribution in [0.2, 0.25) is 0 Å². The largest absolute Gasteiger partial charge is 0.383 e. The number of fused-ring (bicyclic) bond motifs is 6. The second-order valence-corrected chi connectivity index (χ2v) is 15.7. The zero-order valence-corrected chi connectivity index (χ0v) is 33.0. The molecule has 0 saturated carbocycles. The van der Waals surface area contributed by atoms with Crippen molar-refractivity contribution in [3.05, 3.63) is 217 Å². The molecule has 8 aromatic carbocycles. The quantitative estimate of drug-likeness (QED) is 0.113. The maximum atomic E-state index is 6.49. The van der Waals surface area contributed by atoms with E-state index in [2.05, 4.69) is 138 Å². The molecule has 0 aliphatic carbocycles. The van der Waals surface area contributed by atoms with Crippen molar-refractivity contribution in [3.8, 4) is 16.8 Å². The van der Waals surface area contributed by atoms with Gasteiger partial charge in [-0.3, -0.25) is 4.99 Å². The number of rotatable bonds is 9. The van der Waals surface area contributed by atoms with E-state index in [0.717, 1.165) is 61.5 Å². The average molecular weight is 778 g/mol. The third-order valence-corrected chi connectivity index (χ3v) is 11.9. The average Bonchev–Trinajstić information content (AvgIpc) is 3.81. The third-order valence-electron chi connectivity index (χ3n) is 10.8. The molecule has 59 heavy (non-hydrogen) atoms. The van der Waals surface area contributed by atoms with E-state index in [1.807, 2.05) is 84.1 Å². The predicted molar refractivity (Wildman–Crippen MR) is 253 cm³/mol. The summed E-state index contributed by atoms with van der Waals surface area (Å²) in [5.74, 6) is 1.03. The van der Waals surface area contributed by atoms with E-state index in [0.29, 0.717) is 18.2 Å². The molecule has 0 radical (unpaired) electrons. The van der Waals surface area contributed by atoms with Crippen LogP contribution >= 0.6 is 11.3 Å². The molecule has 0 aliphatic rings. The lowest BCUT2D eigenvalue weighted by Crippen LogP contribution is -2.16. The number of nitrogens with one attached hydrogen (secondary N) is 1. The first-order chi connectivity index (χ1) is 29.1. The SMILES string of the molecule is C=Cc1cc2c(cc1Nc1ccccc1)c1cc3c(cc1n2-c1cccc(-c2cccc(CN=C(N=C(N)c4ccccc4)c4ccccc4)c2)c1)sc1ccccc13. The number of aromatic nitrogens is 1. The molecule has 0 unspecified atom stereocenters. The van der Waals surface area contributed by atoms with Gasteiger partial charge < -0.3 is 15.6 Å². The van der Waals surface area contributed by atoms with Crippen molar-refractivity contribution in [2.75, 3.05) is 5.32 Å². The van der Waals surface area contributed by atoms with Crippen molar-refractivity contribution >= 4 is 82.4 Å². The van der Waals surface area contributed by atoms with Gasteiger partial charge in [0, 0.05) is 59.1 Å². The molecular formula is C53H39N5S. The van der Waals surface area contributed by atoms with Crippen LogP contribution < -0.4 is 11.1 Å². The minimum atomic E-state index is 0.431. The summed E-state index contributed by atoms with van der Waals surface area (Å²) in [5, 5.41) is 8.62. The molecular weight excluding hydrogens is 739 g/mol. The van der Waals surface area contributed by atoms with Crippen molar-refractivity contribution in [3.63, 3.8) is 0 Å². The molecule has 0 spiro atoms. The molecule has 0 saturated heterocycles. The van der Waals surface area contributed by atoms with E-state index in [4.69, 9.17) is 15.7 Å². The number of amidine groups is 2. The molecule has 2 aromatic heterocycles. The van der Waals surface area contributed by atoms with Crippen LogP contribution in [0.4, 0.5) is 11.4 Å². The van der Waals surface area contributed by atoms with Crippen molar-refractivity contribution in [1.82, 2.24) is 4.57 Å². The molecule has 10 aromatic rings. The van der Waals surface area contributed by atoms with E-state index in [1.165, 1.54) is 30.9 Å². The maximum absolute atomic E-state index is 6.49. The molecule has 5 nitrogen and oxygen atoms in total. The molecule has 0 bridgehead atoms. The number of thiophene rings is 1. The van der Waals surface area contributed by atoms with Crippen LogP contribution in [-0.2, 0) is 6.54 Å². The number of aliphatic imine (C=N–C) groups is 2. The van der Waals surface area contributed by atoms with Crippen LogP contribution in [0.25, 0.3) is 64.9 Å². The van der Waals surface area contributed by atoms with Gasteiger partial charge in [0.2, 0.25) is 0 Å². The van der Waals surface area contributed by atoms with Crippen molar-refractivity contribution in [1.29, 1.82) is 0 Å². The van der Waals surface area contributed by atoms with Gasteiger partial charge in [-0.2, -0.15) is 0 Å². The number of hydrogen-bond donors (Lipinski definition) is 2. The Morgan fingerprint density at radius 1 is 0.593 bits per heavy atom. The number of anilines is 2. The fourth-order valence-corrected chi connectivity index (χ4v) is 9.06. The summed E-state index contributed by atoms with van der Waals surface area (Å²) in [6, 6.07) is 65.6. The number of hydrogen-bond acceptors (Lipinski definition) is 3. The van der Waals surface area contributed by atoms with Gasteiger partial charge in [0.05, 0.1) is 17.6 Å². The summed E-state index contributed by atoms with van der Waals surface area (Å²) in [5.41, 5.74) is 18.0. The predicted octanol–water partition coefficient (Wildman–Crippen LogP) is 13.6. The molecule has 10 rings (SSSR count). The lowest BCUT2D eigenvalue weighted by atomic mass is 10.0. The Bertz CT molecular complexity index is 3230. The maximum Gasteiger partial charge on any atom is 0.157 e. The second kappa shape index (κ2) is 15.4. The Hall–Kier alpha value is -7.54. The van der Waals surface area contributed by atoms with Crippen LogP contribution in [0, 0.1) is 0 Å². The van der Waals surface area contributed by atoms with Crippen LogP contribution in [-0.4, -0.2) is 16.2 Å². The van der Waals surface area contributed by atoms with E-state index in [1.54, 1.807) is 0 Å². The highest BCUT2D eigenvalue weighted by Gasteiger charge is 2.18. The zero-order chi connectivity index (χ0) is 39.7. The van der Waals surface area contributed by atoms with Crippen LogP contribution in [0.15, 0.2) is 205 Å². The van der Waals surface area contributed by atoms with Crippen LogP contribution in [0.3, 0.4) is 0 Å². The topological polar surface area (TPSA) is 67.7 Å². The first kappa shape index (κ1) is 35.8. The highest BCUT2D eigenvalue weighted by molar-refractivity contribution is 7.25. The Labute approximate surface area is 346 Å². The first-order valence-corrected chi connectivity index (χ1v) is 20.5. The van der Waals surface area contributed by atoms with E-state index in [-0.39, 0.29) is 0 Å². The van der Waals surface area contributed by atoms with E-state index < -0.39 is 0 Å². The van der Waals surface area contributed by atoms with Crippen LogP contribution in [0.5, 0.6) is 0 Å². The smallest absolute Gasteiger partial charge is 0.157 e. The molecule has 0 fully saturated rings. The van der Waals surface area contributed by atoms with Gasteiger partial charge in [-0.05, 0) is 82.9 Å². The fourth-order valence-electron chi connectivity index (χ4n) is 7.93.